The number of furan rings is 1. The Hall–Kier alpha value is -4.26. The first-order chi connectivity index (χ1) is 19.7. The highest BCUT2D eigenvalue weighted by Crippen LogP contribution is 2.33. The standard InChI is InChI=1S/C28H28F3N5O4S/c1-36(13-10-18-4-6-21(38-2)23(14-18)39-3)25-15-24(28(29,30)31)34-27(35-25)41-17-20-5-7-22(40-20)26(37)33-16-19-8-11-32-12-9-19/h4-9,11-12,14-15H,10,13,16-17H2,1-3H3,(H,33,37). The molecule has 41 heavy (non-hydrogen) atoms. The molecule has 216 valence electrons. The Bertz CT molecular complexity index is 1470. The number of halogens is 3. The van der Waals surface area contributed by atoms with Crippen molar-refractivity contribution in [3.63, 3.8) is 0 Å². The summed E-state index contributed by atoms with van der Waals surface area (Å²) in [6.45, 7) is 0.691. The molecule has 3 heterocycles. The zero-order chi connectivity index (χ0) is 29.4. The molecule has 1 N–H and O–H groups in total. The summed E-state index contributed by atoms with van der Waals surface area (Å²) >= 11 is 0.982. The number of ether oxygens (including phenoxy) is 2. The molecule has 0 saturated carbocycles. The predicted molar refractivity (Wildman–Crippen MR) is 147 cm³/mol. The number of methoxy groups -OCH3 is 2. The first kappa shape index (κ1) is 29.7. The normalized spacial score (nSPS) is 11.3. The molecule has 1 aromatic carbocycles. The number of benzene rings is 1. The molecular weight excluding hydrogens is 559 g/mol. The lowest BCUT2D eigenvalue weighted by Crippen LogP contribution is -2.23. The smallest absolute Gasteiger partial charge is 0.433 e. The highest BCUT2D eigenvalue weighted by Gasteiger charge is 2.34. The molecule has 0 fully saturated rings. The van der Waals surface area contributed by atoms with Gasteiger partial charge in [-0.15, -0.1) is 0 Å². The SMILES string of the molecule is COc1ccc(CCN(C)c2cc(C(F)(F)F)nc(SCc3ccc(C(=O)NCc4ccncc4)o3)n2)cc1OC. The highest BCUT2D eigenvalue weighted by atomic mass is 32.2. The number of carbonyl (C=O) groups excluding carboxylic acids is 1. The Morgan fingerprint density at radius 2 is 1.76 bits per heavy atom. The van der Waals surface area contributed by atoms with Crippen LogP contribution in [-0.4, -0.2) is 48.7 Å². The molecule has 0 radical (unpaired) electrons. The van der Waals surface area contributed by atoms with E-state index in [0.29, 0.717) is 36.8 Å². The zero-order valence-electron chi connectivity index (χ0n) is 22.6. The summed E-state index contributed by atoms with van der Waals surface area (Å²) in [6, 6.07) is 13.1. The van der Waals surface area contributed by atoms with Gasteiger partial charge < -0.3 is 24.1 Å². The highest BCUT2D eigenvalue weighted by molar-refractivity contribution is 7.98. The van der Waals surface area contributed by atoms with Crippen LogP contribution in [0.15, 0.2) is 70.5 Å². The summed E-state index contributed by atoms with van der Waals surface area (Å²) in [4.78, 5) is 26.0. The molecule has 0 spiro atoms. The number of anilines is 1. The van der Waals surface area contributed by atoms with Gasteiger partial charge in [0, 0.05) is 38.6 Å². The van der Waals surface area contributed by atoms with Crippen LogP contribution in [0.5, 0.6) is 11.5 Å². The number of amides is 1. The molecule has 0 aliphatic carbocycles. The van der Waals surface area contributed by atoms with Gasteiger partial charge in [-0.2, -0.15) is 13.2 Å². The van der Waals surface area contributed by atoms with Crippen LogP contribution >= 0.6 is 11.8 Å². The Morgan fingerprint density at radius 3 is 2.46 bits per heavy atom. The average molecular weight is 588 g/mol. The van der Waals surface area contributed by atoms with Crippen molar-refractivity contribution in [3.05, 3.63) is 89.3 Å². The van der Waals surface area contributed by atoms with Gasteiger partial charge in [0.05, 0.1) is 20.0 Å². The maximum Gasteiger partial charge on any atom is 0.433 e. The van der Waals surface area contributed by atoms with E-state index in [1.807, 2.05) is 12.1 Å². The first-order valence-corrected chi connectivity index (χ1v) is 13.4. The summed E-state index contributed by atoms with van der Waals surface area (Å²) < 4.78 is 57.1. The lowest BCUT2D eigenvalue weighted by Gasteiger charge is -2.20. The molecule has 4 aromatic rings. The fraction of sp³-hybridized carbons (Fsp3) is 0.286. The maximum absolute atomic E-state index is 13.7. The Balaban J connectivity index is 1.41. The Morgan fingerprint density at radius 1 is 1.00 bits per heavy atom. The lowest BCUT2D eigenvalue weighted by atomic mass is 10.1. The second-order valence-corrected chi connectivity index (χ2v) is 9.79. The molecule has 0 unspecified atom stereocenters. The van der Waals surface area contributed by atoms with E-state index in [-0.39, 0.29) is 22.5 Å². The largest absolute Gasteiger partial charge is 0.493 e. The average Bonchev–Trinajstić information content (AvgIpc) is 3.46. The molecule has 0 aliphatic heterocycles. The number of thioether (sulfide) groups is 1. The first-order valence-electron chi connectivity index (χ1n) is 12.4. The number of hydrogen-bond acceptors (Lipinski definition) is 9. The van der Waals surface area contributed by atoms with E-state index in [4.69, 9.17) is 13.9 Å². The van der Waals surface area contributed by atoms with E-state index in [9.17, 15) is 18.0 Å². The quantitative estimate of drug-likeness (QED) is 0.172. The van der Waals surface area contributed by atoms with Crippen molar-refractivity contribution >= 4 is 23.5 Å². The van der Waals surface area contributed by atoms with E-state index in [0.717, 1.165) is 29.0 Å². The molecule has 0 atom stereocenters. The van der Waals surface area contributed by atoms with Crippen molar-refractivity contribution in [2.45, 2.75) is 30.1 Å². The minimum absolute atomic E-state index is 0.0621. The van der Waals surface area contributed by atoms with Crippen LogP contribution < -0.4 is 19.7 Å². The van der Waals surface area contributed by atoms with Gasteiger partial charge in [-0.25, -0.2) is 9.97 Å². The fourth-order valence-corrected chi connectivity index (χ4v) is 4.50. The molecule has 13 heteroatoms. The van der Waals surface area contributed by atoms with Crippen LogP contribution in [0.25, 0.3) is 0 Å². The zero-order valence-corrected chi connectivity index (χ0v) is 23.4. The van der Waals surface area contributed by atoms with Crippen molar-refractivity contribution in [2.75, 3.05) is 32.7 Å². The molecule has 1 amide bonds. The van der Waals surface area contributed by atoms with Gasteiger partial charge in [0.2, 0.25) is 0 Å². The monoisotopic (exact) mass is 587 g/mol. The third kappa shape index (κ3) is 8.13. The van der Waals surface area contributed by atoms with Crippen molar-refractivity contribution < 1.29 is 31.9 Å². The molecular formula is C28H28F3N5O4S. The van der Waals surface area contributed by atoms with Gasteiger partial charge >= 0.3 is 6.18 Å². The third-order valence-electron chi connectivity index (χ3n) is 5.99. The number of alkyl halides is 3. The topological polar surface area (TPSA) is 103 Å². The number of aromatic nitrogens is 3. The van der Waals surface area contributed by atoms with Crippen molar-refractivity contribution in [3.8, 4) is 11.5 Å². The van der Waals surface area contributed by atoms with Crippen molar-refractivity contribution in [1.29, 1.82) is 0 Å². The number of pyridine rings is 1. The number of rotatable bonds is 12. The summed E-state index contributed by atoms with van der Waals surface area (Å²) in [5.74, 6) is 1.50. The van der Waals surface area contributed by atoms with E-state index in [1.54, 1.807) is 55.7 Å². The summed E-state index contributed by atoms with van der Waals surface area (Å²) in [5.41, 5.74) is 0.758. The van der Waals surface area contributed by atoms with Gasteiger partial charge in [-0.1, -0.05) is 17.8 Å². The number of likely N-dealkylation sites (N-methyl/N-ethyl adjacent to an activating group) is 1. The minimum Gasteiger partial charge on any atom is -0.493 e. The van der Waals surface area contributed by atoms with E-state index >= 15 is 0 Å². The van der Waals surface area contributed by atoms with Gasteiger partial charge in [-0.05, 0) is 53.9 Å². The Kier molecular flexibility index (Phi) is 9.71. The van der Waals surface area contributed by atoms with Crippen molar-refractivity contribution in [1.82, 2.24) is 20.3 Å². The summed E-state index contributed by atoms with van der Waals surface area (Å²) in [5, 5.41) is 2.68. The minimum atomic E-state index is -4.65. The van der Waals surface area contributed by atoms with Crippen molar-refractivity contribution in [2.24, 2.45) is 0 Å². The molecule has 3 aromatic heterocycles. The molecule has 0 aliphatic rings. The third-order valence-corrected chi connectivity index (χ3v) is 6.86. The lowest BCUT2D eigenvalue weighted by molar-refractivity contribution is -0.141. The molecule has 0 bridgehead atoms. The Labute approximate surface area is 239 Å². The van der Waals surface area contributed by atoms with E-state index in [1.165, 1.54) is 13.2 Å². The van der Waals surface area contributed by atoms with Gasteiger partial charge in [0.1, 0.15) is 11.6 Å². The van der Waals surface area contributed by atoms with Crippen LogP contribution in [0.4, 0.5) is 19.0 Å². The summed E-state index contributed by atoms with van der Waals surface area (Å²) in [7, 11) is 4.75. The van der Waals surface area contributed by atoms with Gasteiger partial charge in [0.15, 0.2) is 28.1 Å². The fourth-order valence-electron chi connectivity index (χ4n) is 3.75. The molecule has 4 rings (SSSR count). The van der Waals surface area contributed by atoms with E-state index in [2.05, 4.69) is 20.3 Å². The van der Waals surface area contributed by atoms with Crippen LogP contribution in [-0.2, 0) is 24.9 Å². The number of hydrogen-bond donors (Lipinski definition) is 1. The van der Waals surface area contributed by atoms with Gasteiger partial charge in [0.25, 0.3) is 5.91 Å². The molecule has 9 nitrogen and oxygen atoms in total. The number of nitrogens with zero attached hydrogens (tertiary/aromatic N) is 4. The second-order valence-electron chi connectivity index (χ2n) is 8.85. The van der Waals surface area contributed by atoms with Crippen LogP contribution in [0, 0.1) is 0 Å². The summed E-state index contributed by atoms with van der Waals surface area (Å²) in [6.07, 6.45) is -0.868. The predicted octanol–water partition coefficient (Wildman–Crippen LogP) is 5.40. The number of nitrogens with one attached hydrogen (secondary N) is 1. The molecule has 0 saturated heterocycles. The van der Waals surface area contributed by atoms with Gasteiger partial charge in [-0.3, -0.25) is 9.78 Å². The maximum atomic E-state index is 13.7. The van der Waals surface area contributed by atoms with Crippen LogP contribution in [0.3, 0.4) is 0 Å². The van der Waals surface area contributed by atoms with E-state index < -0.39 is 17.8 Å². The number of carbonyl (C=O) groups is 1. The van der Waals surface area contributed by atoms with Crippen LogP contribution in [0.1, 0.15) is 33.1 Å². The van der Waals surface area contributed by atoms with Crippen LogP contribution in [0.2, 0.25) is 0 Å². The second kappa shape index (κ2) is 13.4.